The van der Waals surface area contributed by atoms with E-state index in [9.17, 15) is 13.2 Å². The summed E-state index contributed by atoms with van der Waals surface area (Å²) >= 11 is 1.22. The second-order valence-corrected chi connectivity index (χ2v) is 9.14. The van der Waals surface area contributed by atoms with E-state index in [2.05, 4.69) is 5.32 Å². The van der Waals surface area contributed by atoms with Gasteiger partial charge in [0.1, 0.15) is 4.21 Å². The van der Waals surface area contributed by atoms with Crippen LogP contribution in [0.2, 0.25) is 0 Å². The van der Waals surface area contributed by atoms with Crippen molar-refractivity contribution in [1.82, 2.24) is 0 Å². The third-order valence-electron chi connectivity index (χ3n) is 4.24. The minimum Gasteiger partial charge on any atom is -0.326 e. The standard InChI is InChI=1S/C18H22N2O3S2/c1-2-3-7-17(21)19-15-10-9-14-6-4-11-20(16(14)13-15)25(22,23)18-8-5-12-24-18/h5,8-10,12-13H,2-4,6-7,11H2,1H3,(H,19,21). The highest BCUT2D eigenvalue weighted by molar-refractivity contribution is 7.94. The monoisotopic (exact) mass is 378 g/mol. The molecule has 1 aliphatic heterocycles. The Morgan fingerprint density at radius 1 is 1.32 bits per heavy atom. The Bertz CT molecular complexity index is 845. The van der Waals surface area contributed by atoms with Crippen molar-refractivity contribution in [3.63, 3.8) is 0 Å². The molecule has 0 fully saturated rings. The summed E-state index contributed by atoms with van der Waals surface area (Å²) in [4.78, 5) is 12.0. The molecular weight excluding hydrogens is 356 g/mol. The quantitative estimate of drug-likeness (QED) is 0.826. The molecule has 0 saturated carbocycles. The van der Waals surface area contributed by atoms with Gasteiger partial charge in [0.15, 0.2) is 0 Å². The van der Waals surface area contributed by atoms with Crippen molar-refractivity contribution >= 4 is 38.6 Å². The van der Waals surface area contributed by atoms with E-state index in [1.165, 1.54) is 15.6 Å². The fraction of sp³-hybridized carbons (Fsp3) is 0.389. The number of carbonyl (C=O) groups is 1. The minimum absolute atomic E-state index is 0.0368. The molecule has 2 heterocycles. The summed E-state index contributed by atoms with van der Waals surface area (Å²) in [7, 11) is -3.55. The average molecular weight is 379 g/mol. The Kier molecular flexibility index (Phi) is 5.44. The summed E-state index contributed by atoms with van der Waals surface area (Å²) in [6.45, 7) is 2.50. The van der Waals surface area contributed by atoms with Gasteiger partial charge in [-0.2, -0.15) is 0 Å². The first-order valence-electron chi connectivity index (χ1n) is 8.51. The SMILES string of the molecule is CCCCC(=O)Nc1ccc2c(c1)N(S(=O)(=O)c1cccs1)CCC2. The maximum atomic E-state index is 12.9. The number of benzene rings is 1. The summed E-state index contributed by atoms with van der Waals surface area (Å²) in [6, 6.07) is 8.92. The van der Waals surface area contributed by atoms with Crippen molar-refractivity contribution in [2.75, 3.05) is 16.2 Å². The number of amides is 1. The number of thiophene rings is 1. The van der Waals surface area contributed by atoms with Crippen LogP contribution in [0.25, 0.3) is 0 Å². The van der Waals surface area contributed by atoms with Crippen LogP contribution < -0.4 is 9.62 Å². The molecule has 0 aliphatic carbocycles. The zero-order chi connectivity index (χ0) is 17.9. The molecule has 0 unspecified atom stereocenters. The van der Waals surface area contributed by atoms with Crippen LogP contribution in [0.3, 0.4) is 0 Å². The first-order valence-corrected chi connectivity index (χ1v) is 10.8. The summed E-state index contributed by atoms with van der Waals surface area (Å²) in [5, 5.41) is 4.64. The largest absolute Gasteiger partial charge is 0.326 e. The highest BCUT2D eigenvalue weighted by Gasteiger charge is 2.30. The topological polar surface area (TPSA) is 66.5 Å². The lowest BCUT2D eigenvalue weighted by Gasteiger charge is -2.30. The highest BCUT2D eigenvalue weighted by atomic mass is 32.2. The first kappa shape index (κ1) is 17.9. The van der Waals surface area contributed by atoms with Crippen molar-refractivity contribution in [2.24, 2.45) is 0 Å². The van der Waals surface area contributed by atoms with Crippen LogP contribution in [0.4, 0.5) is 11.4 Å². The third kappa shape index (κ3) is 3.88. The molecule has 0 atom stereocenters. The summed E-state index contributed by atoms with van der Waals surface area (Å²) in [6.07, 6.45) is 3.92. The van der Waals surface area contributed by atoms with E-state index in [1.807, 2.05) is 19.1 Å². The Morgan fingerprint density at radius 3 is 2.88 bits per heavy atom. The van der Waals surface area contributed by atoms with E-state index < -0.39 is 10.0 Å². The second-order valence-electron chi connectivity index (χ2n) is 6.11. The highest BCUT2D eigenvalue weighted by Crippen LogP contribution is 2.35. The Balaban J connectivity index is 1.89. The van der Waals surface area contributed by atoms with E-state index in [-0.39, 0.29) is 5.91 Å². The zero-order valence-corrected chi connectivity index (χ0v) is 15.8. The lowest BCUT2D eigenvalue weighted by molar-refractivity contribution is -0.116. The number of fused-ring (bicyclic) bond motifs is 1. The molecule has 2 aromatic rings. The number of sulfonamides is 1. The summed E-state index contributed by atoms with van der Waals surface area (Å²) in [5.74, 6) is -0.0368. The average Bonchev–Trinajstić information content (AvgIpc) is 3.15. The molecule has 7 heteroatoms. The number of nitrogens with one attached hydrogen (secondary N) is 1. The van der Waals surface area contributed by atoms with Gasteiger partial charge in [0.05, 0.1) is 5.69 Å². The van der Waals surface area contributed by atoms with Gasteiger partial charge >= 0.3 is 0 Å². The molecule has 1 N–H and O–H groups in total. The number of hydrogen-bond donors (Lipinski definition) is 1. The van der Waals surface area contributed by atoms with E-state index in [1.54, 1.807) is 23.6 Å². The number of unbranched alkanes of at least 4 members (excludes halogenated alkanes) is 1. The molecule has 25 heavy (non-hydrogen) atoms. The normalized spacial score (nSPS) is 14.2. The fourth-order valence-electron chi connectivity index (χ4n) is 2.95. The Hall–Kier alpha value is -1.86. The zero-order valence-electron chi connectivity index (χ0n) is 14.2. The van der Waals surface area contributed by atoms with Crippen LogP contribution in [0.15, 0.2) is 39.9 Å². The lowest BCUT2D eigenvalue weighted by Crippen LogP contribution is -2.35. The van der Waals surface area contributed by atoms with Gasteiger partial charge in [-0.15, -0.1) is 11.3 Å². The second kappa shape index (κ2) is 7.58. The number of hydrogen-bond acceptors (Lipinski definition) is 4. The fourth-order valence-corrected chi connectivity index (χ4v) is 5.59. The van der Waals surface area contributed by atoms with Crippen LogP contribution in [0.1, 0.15) is 38.2 Å². The molecule has 3 rings (SSSR count). The van der Waals surface area contributed by atoms with Crippen LogP contribution in [-0.4, -0.2) is 20.9 Å². The molecule has 1 aromatic heterocycles. The lowest BCUT2D eigenvalue weighted by atomic mass is 10.0. The van der Waals surface area contributed by atoms with Gasteiger partial charge in [-0.1, -0.05) is 25.5 Å². The van der Waals surface area contributed by atoms with Crippen LogP contribution >= 0.6 is 11.3 Å². The van der Waals surface area contributed by atoms with Gasteiger partial charge in [-0.3, -0.25) is 9.10 Å². The maximum Gasteiger partial charge on any atom is 0.273 e. The molecule has 0 saturated heterocycles. The molecule has 1 amide bonds. The smallest absolute Gasteiger partial charge is 0.273 e. The summed E-state index contributed by atoms with van der Waals surface area (Å²) < 4.78 is 27.7. The van der Waals surface area contributed by atoms with Gasteiger partial charge in [0.2, 0.25) is 5.91 Å². The van der Waals surface area contributed by atoms with Crippen molar-refractivity contribution in [1.29, 1.82) is 0 Å². The summed E-state index contributed by atoms with van der Waals surface area (Å²) in [5.41, 5.74) is 2.32. The van der Waals surface area contributed by atoms with Crippen LogP contribution in [0.5, 0.6) is 0 Å². The predicted molar refractivity (Wildman–Crippen MR) is 102 cm³/mol. The molecule has 5 nitrogen and oxygen atoms in total. The Labute approximate surface area is 152 Å². The van der Waals surface area contributed by atoms with E-state index in [4.69, 9.17) is 0 Å². The molecule has 0 bridgehead atoms. The van der Waals surface area contributed by atoms with E-state index >= 15 is 0 Å². The molecule has 134 valence electrons. The van der Waals surface area contributed by atoms with Gasteiger partial charge in [0.25, 0.3) is 10.0 Å². The van der Waals surface area contributed by atoms with Crippen LogP contribution in [-0.2, 0) is 21.2 Å². The number of rotatable bonds is 6. The number of aryl methyl sites for hydroxylation is 1. The van der Waals surface area contributed by atoms with Crippen molar-refractivity contribution < 1.29 is 13.2 Å². The van der Waals surface area contributed by atoms with Gasteiger partial charge in [-0.25, -0.2) is 8.42 Å². The molecule has 0 radical (unpaired) electrons. The van der Waals surface area contributed by atoms with Crippen molar-refractivity contribution in [3.05, 3.63) is 41.3 Å². The minimum atomic E-state index is -3.55. The van der Waals surface area contributed by atoms with Crippen molar-refractivity contribution in [2.45, 2.75) is 43.2 Å². The molecule has 1 aliphatic rings. The van der Waals surface area contributed by atoms with E-state index in [0.717, 1.165) is 31.2 Å². The molecule has 1 aromatic carbocycles. The number of anilines is 2. The van der Waals surface area contributed by atoms with Gasteiger partial charge < -0.3 is 5.32 Å². The number of nitrogens with zero attached hydrogens (tertiary/aromatic N) is 1. The predicted octanol–water partition coefficient (Wildman–Crippen LogP) is 4.02. The first-order chi connectivity index (χ1) is 12.0. The molecule has 0 spiro atoms. The Morgan fingerprint density at radius 2 is 2.16 bits per heavy atom. The third-order valence-corrected chi connectivity index (χ3v) is 7.43. The van der Waals surface area contributed by atoms with Crippen LogP contribution in [0, 0.1) is 0 Å². The number of carbonyl (C=O) groups excluding carboxylic acids is 1. The molecular formula is C18H22N2O3S2. The maximum absolute atomic E-state index is 12.9. The van der Waals surface area contributed by atoms with E-state index in [0.29, 0.717) is 28.5 Å². The van der Waals surface area contributed by atoms with Crippen molar-refractivity contribution in [3.8, 4) is 0 Å². The van der Waals surface area contributed by atoms with Gasteiger partial charge in [0, 0.05) is 18.7 Å². The van der Waals surface area contributed by atoms with Gasteiger partial charge in [-0.05, 0) is 48.4 Å².